The van der Waals surface area contributed by atoms with Gasteiger partial charge in [-0.05, 0) is 57.6 Å². The number of hydrogen-bond acceptors (Lipinski definition) is 6. The Labute approximate surface area is 223 Å². The molecular formula is C28H37ClN2O6. The number of aryl methyl sites for hydroxylation is 1. The van der Waals surface area contributed by atoms with Gasteiger partial charge in [0.2, 0.25) is 5.91 Å². The molecule has 1 aromatic carbocycles. The van der Waals surface area contributed by atoms with Crippen molar-refractivity contribution in [3.63, 3.8) is 0 Å². The Kier molecular flexibility index (Phi) is 7.75. The van der Waals surface area contributed by atoms with Crippen LogP contribution in [-0.2, 0) is 23.9 Å². The standard InChI is InChI=1S/C28H37ClN2O6/c1-6-13-30(22-17(3)11-10-12-19(22)29)25(34)23-28-16-18(4)27(5,37-28)21(26(35)36-7-2)20(28)24(33)31(23)14-8-9-15-32/h6,10-12,18,20-21,23,32H,1,7-9,13-16H2,2-5H3/t18?,20-,21+,23?,27-,28?/m0/s1. The number of fused-ring (bicyclic) bond motifs is 1. The van der Waals surface area contributed by atoms with Gasteiger partial charge in [-0.25, -0.2) is 0 Å². The van der Waals surface area contributed by atoms with Crippen molar-refractivity contribution in [2.75, 3.05) is 31.2 Å². The van der Waals surface area contributed by atoms with Crippen molar-refractivity contribution in [3.05, 3.63) is 41.4 Å². The number of halogens is 1. The van der Waals surface area contributed by atoms with Gasteiger partial charge in [0.25, 0.3) is 5.91 Å². The molecule has 9 heteroatoms. The van der Waals surface area contributed by atoms with Gasteiger partial charge in [-0.3, -0.25) is 14.4 Å². The lowest BCUT2D eigenvalue weighted by atomic mass is 9.62. The quantitative estimate of drug-likeness (QED) is 0.281. The number of aliphatic hydroxyl groups excluding tert-OH is 1. The number of aliphatic hydroxyl groups is 1. The van der Waals surface area contributed by atoms with Crippen LogP contribution in [0.4, 0.5) is 5.69 Å². The van der Waals surface area contributed by atoms with E-state index in [4.69, 9.17) is 21.1 Å². The van der Waals surface area contributed by atoms with Crippen LogP contribution in [0.15, 0.2) is 30.9 Å². The zero-order valence-electron chi connectivity index (χ0n) is 22.0. The highest BCUT2D eigenvalue weighted by atomic mass is 35.5. The van der Waals surface area contributed by atoms with E-state index in [9.17, 15) is 19.5 Å². The number of carbonyl (C=O) groups is 3. The normalized spacial score (nSPS) is 31.9. The van der Waals surface area contributed by atoms with Crippen molar-refractivity contribution in [2.24, 2.45) is 17.8 Å². The zero-order valence-corrected chi connectivity index (χ0v) is 22.8. The number of esters is 1. The summed E-state index contributed by atoms with van der Waals surface area (Å²) in [7, 11) is 0. The van der Waals surface area contributed by atoms with E-state index in [1.54, 1.807) is 28.9 Å². The first-order chi connectivity index (χ1) is 17.6. The molecule has 202 valence electrons. The van der Waals surface area contributed by atoms with Gasteiger partial charge in [0.15, 0.2) is 0 Å². The average Bonchev–Trinajstić information content (AvgIpc) is 3.35. The number of rotatable bonds is 10. The minimum absolute atomic E-state index is 0.0202. The number of unbranched alkanes of at least 4 members (excludes halogenated alkanes) is 1. The summed E-state index contributed by atoms with van der Waals surface area (Å²) in [5.74, 6) is -2.78. The van der Waals surface area contributed by atoms with E-state index >= 15 is 0 Å². The lowest BCUT2D eigenvalue weighted by molar-refractivity contribution is -0.161. The number of ether oxygens (including phenoxy) is 2. The Bertz CT molecular complexity index is 1070. The van der Waals surface area contributed by atoms with Crippen LogP contribution in [0.25, 0.3) is 0 Å². The molecule has 3 aliphatic heterocycles. The topological polar surface area (TPSA) is 96.4 Å². The van der Waals surface area contributed by atoms with Crippen LogP contribution >= 0.6 is 11.6 Å². The summed E-state index contributed by atoms with van der Waals surface area (Å²) in [4.78, 5) is 45.0. The summed E-state index contributed by atoms with van der Waals surface area (Å²) in [5, 5.41) is 9.78. The van der Waals surface area contributed by atoms with E-state index in [0.717, 1.165) is 5.56 Å². The Morgan fingerprint density at radius 2 is 2.11 bits per heavy atom. The Hall–Kier alpha value is -2.42. The van der Waals surface area contributed by atoms with E-state index in [2.05, 4.69) is 6.58 Å². The number of nitrogens with zero attached hydrogens (tertiary/aromatic N) is 2. The highest BCUT2D eigenvalue weighted by Crippen LogP contribution is 2.65. The second-order valence-corrected chi connectivity index (χ2v) is 11.0. The number of likely N-dealkylation sites (tertiary alicyclic amines) is 1. The fourth-order valence-electron chi connectivity index (χ4n) is 6.78. The molecule has 1 aromatic rings. The van der Waals surface area contributed by atoms with Gasteiger partial charge in [-0.2, -0.15) is 0 Å². The molecule has 3 saturated heterocycles. The van der Waals surface area contributed by atoms with Crippen molar-refractivity contribution >= 4 is 35.1 Å². The van der Waals surface area contributed by atoms with Crippen molar-refractivity contribution < 1.29 is 29.0 Å². The summed E-state index contributed by atoms with van der Waals surface area (Å²) in [6, 6.07) is 4.47. The van der Waals surface area contributed by atoms with Gasteiger partial charge in [-0.15, -0.1) is 6.58 Å². The summed E-state index contributed by atoms with van der Waals surface area (Å²) in [6.07, 6.45) is 3.09. The van der Waals surface area contributed by atoms with Gasteiger partial charge in [0.05, 0.1) is 28.8 Å². The molecule has 4 rings (SSSR count). The zero-order chi connectivity index (χ0) is 27.1. The molecule has 0 aromatic heterocycles. The Balaban J connectivity index is 1.84. The molecule has 2 amide bonds. The monoisotopic (exact) mass is 532 g/mol. The van der Waals surface area contributed by atoms with E-state index in [-0.39, 0.29) is 44.0 Å². The van der Waals surface area contributed by atoms with Gasteiger partial charge >= 0.3 is 5.97 Å². The molecule has 3 unspecified atom stereocenters. The molecule has 1 spiro atoms. The number of hydrogen-bond donors (Lipinski definition) is 1. The van der Waals surface area contributed by atoms with Crippen LogP contribution < -0.4 is 4.90 Å². The number of para-hydroxylation sites is 1. The van der Waals surface area contributed by atoms with Crippen LogP contribution in [-0.4, -0.2) is 71.3 Å². The van der Waals surface area contributed by atoms with Crippen LogP contribution in [0.3, 0.4) is 0 Å². The third-order valence-electron chi connectivity index (χ3n) is 8.43. The minimum atomic E-state index is -1.17. The largest absolute Gasteiger partial charge is 0.466 e. The third-order valence-corrected chi connectivity index (χ3v) is 8.74. The number of amides is 2. The molecule has 0 aliphatic carbocycles. The van der Waals surface area contributed by atoms with Crippen LogP contribution in [0.5, 0.6) is 0 Å². The predicted molar refractivity (Wildman–Crippen MR) is 140 cm³/mol. The fourth-order valence-corrected chi connectivity index (χ4v) is 7.10. The van der Waals surface area contributed by atoms with Gasteiger partial charge in [-0.1, -0.05) is 36.7 Å². The maximum absolute atomic E-state index is 14.5. The average molecular weight is 533 g/mol. The van der Waals surface area contributed by atoms with Gasteiger partial charge in [0.1, 0.15) is 17.6 Å². The summed E-state index contributed by atoms with van der Waals surface area (Å²) in [5.41, 5.74) is -0.723. The molecule has 3 aliphatic rings. The fraction of sp³-hybridized carbons (Fsp3) is 0.607. The van der Waals surface area contributed by atoms with Gasteiger partial charge in [0, 0.05) is 19.7 Å². The van der Waals surface area contributed by atoms with Crippen LogP contribution in [0, 0.1) is 24.7 Å². The van der Waals surface area contributed by atoms with Crippen LogP contribution in [0.2, 0.25) is 5.02 Å². The van der Waals surface area contributed by atoms with Crippen molar-refractivity contribution in [2.45, 2.75) is 64.2 Å². The third kappa shape index (κ3) is 4.17. The van der Waals surface area contributed by atoms with E-state index in [1.807, 2.05) is 32.9 Å². The lowest BCUT2D eigenvalue weighted by Gasteiger charge is -2.37. The maximum atomic E-state index is 14.5. The summed E-state index contributed by atoms with van der Waals surface area (Å²) >= 11 is 6.58. The first kappa shape index (κ1) is 27.6. The number of anilines is 1. The first-order valence-corrected chi connectivity index (χ1v) is 13.4. The van der Waals surface area contributed by atoms with E-state index in [1.165, 1.54) is 0 Å². The Morgan fingerprint density at radius 3 is 2.73 bits per heavy atom. The maximum Gasteiger partial charge on any atom is 0.312 e. The molecule has 1 N–H and O–H groups in total. The minimum Gasteiger partial charge on any atom is -0.466 e. The molecule has 3 heterocycles. The highest BCUT2D eigenvalue weighted by molar-refractivity contribution is 6.34. The second-order valence-electron chi connectivity index (χ2n) is 10.6. The SMILES string of the molecule is C=CCN(C(=O)C1N(CCCCO)C(=O)[C@@H]2[C@H](C(=O)OCC)[C@@]3(C)OC12CC3C)c1c(C)cccc1Cl. The van der Waals surface area contributed by atoms with Crippen molar-refractivity contribution in [1.82, 2.24) is 4.90 Å². The summed E-state index contributed by atoms with van der Waals surface area (Å²) in [6.45, 7) is 11.9. The molecular weight excluding hydrogens is 496 g/mol. The molecule has 6 atom stereocenters. The van der Waals surface area contributed by atoms with E-state index in [0.29, 0.717) is 30.0 Å². The molecule has 0 saturated carbocycles. The molecule has 8 nitrogen and oxygen atoms in total. The second kappa shape index (κ2) is 10.4. The lowest BCUT2D eigenvalue weighted by Crippen LogP contribution is -2.57. The molecule has 0 radical (unpaired) electrons. The molecule has 2 bridgehead atoms. The molecule has 3 fully saturated rings. The number of carbonyl (C=O) groups excluding carboxylic acids is 3. The predicted octanol–water partition coefficient (Wildman–Crippen LogP) is 3.51. The van der Waals surface area contributed by atoms with E-state index < -0.39 is 35.0 Å². The van der Waals surface area contributed by atoms with Gasteiger partial charge < -0.3 is 24.4 Å². The van der Waals surface area contributed by atoms with Crippen molar-refractivity contribution in [1.29, 1.82) is 0 Å². The van der Waals surface area contributed by atoms with Crippen molar-refractivity contribution in [3.8, 4) is 0 Å². The highest BCUT2D eigenvalue weighted by Gasteiger charge is 2.80. The Morgan fingerprint density at radius 1 is 1.38 bits per heavy atom. The number of benzene rings is 1. The first-order valence-electron chi connectivity index (χ1n) is 13.0. The summed E-state index contributed by atoms with van der Waals surface area (Å²) < 4.78 is 12.1. The smallest absolute Gasteiger partial charge is 0.312 e. The molecule has 37 heavy (non-hydrogen) atoms. The van der Waals surface area contributed by atoms with Crippen LogP contribution in [0.1, 0.15) is 45.6 Å².